The Balaban J connectivity index is 2.55. The zero-order chi connectivity index (χ0) is 7.07. The van der Waals surface area contributed by atoms with Gasteiger partial charge in [-0.1, -0.05) is 20.8 Å². The third-order valence-electron chi connectivity index (χ3n) is 3.34. The molecule has 1 aliphatic rings. The van der Waals surface area contributed by atoms with Gasteiger partial charge < -0.3 is 5.73 Å². The second kappa shape index (κ2) is 1.98. The highest BCUT2D eigenvalue weighted by Crippen LogP contribution is 2.47. The van der Waals surface area contributed by atoms with E-state index in [1.807, 2.05) is 0 Å². The van der Waals surface area contributed by atoms with E-state index in [1.165, 1.54) is 12.8 Å². The first kappa shape index (κ1) is 7.07. The lowest BCUT2D eigenvalue weighted by Crippen LogP contribution is -2.54. The highest BCUT2D eigenvalue weighted by atomic mass is 14.8. The van der Waals surface area contributed by atoms with Gasteiger partial charge in [0.1, 0.15) is 0 Å². The van der Waals surface area contributed by atoms with Crippen molar-refractivity contribution in [1.82, 2.24) is 0 Å². The van der Waals surface area contributed by atoms with E-state index >= 15 is 0 Å². The Morgan fingerprint density at radius 2 is 2.22 bits per heavy atom. The van der Waals surface area contributed by atoms with Gasteiger partial charge in [0.05, 0.1) is 0 Å². The summed E-state index contributed by atoms with van der Waals surface area (Å²) in [6, 6.07) is 0.470. The lowest BCUT2D eigenvalue weighted by atomic mass is 9.57. The van der Waals surface area contributed by atoms with Crippen molar-refractivity contribution in [3.05, 3.63) is 0 Å². The van der Waals surface area contributed by atoms with Gasteiger partial charge in [-0.3, -0.25) is 0 Å². The molecule has 54 valence electrons. The normalized spacial score (nSPS) is 50.7. The fourth-order valence-electron chi connectivity index (χ4n) is 1.73. The number of nitrogens with two attached hydrogens (primary N) is 1. The van der Waals surface area contributed by atoms with Crippen molar-refractivity contribution in [2.24, 2.45) is 17.1 Å². The van der Waals surface area contributed by atoms with E-state index in [9.17, 15) is 0 Å². The predicted molar refractivity (Wildman–Crippen MR) is 40.2 cm³/mol. The zero-order valence-corrected chi connectivity index (χ0v) is 6.65. The Kier molecular flexibility index (Phi) is 1.55. The van der Waals surface area contributed by atoms with Gasteiger partial charge in [0, 0.05) is 6.04 Å². The number of hydrogen-bond donors (Lipinski definition) is 1. The van der Waals surface area contributed by atoms with Gasteiger partial charge in [-0.05, 0) is 24.2 Å². The third-order valence-corrected chi connectivity index (χ3v) is 3.34. The van der Waals surface area contributed by atoms with Crippen molar-refractivity contribution in [3.63, 3.8) is 0 Å². The molecule has 0 heterocycles. The Bertz CT molecular complexity index is 101. The maximum atomic E-state index is 5.86. The molecule has 9 heavy (non-hydrogen) atoms. The zero-order valence-electron chi connectivity index (χ0n) is 6.65. The molecule has 1 fully saturated rings. The van der Waals surface area contributed by atoms with Crippen LogP contribution >= 0.6 is 0 Å². The van der Waals surface area contributed by atoms with Crippen LogP contribution in [0.5, 0.6) is 0 Å². The molecular weight excluding hydrogens is 110 g/mol. The van der Waals surface area contributed by atoms with Crippen LogP contribution < -0.4 is 5.73 Å². The topological polar surface area (TPSA) is 26.0 Å². The van der Waals surface area contributed by atoms with Crippen molar-refractivity contribution in [2.75, 3.05) is 0 Å². The van der Waals surface area contributed by atoms with Crippen molar-refractivity contribution in [1.29, 1.82) is 0 Å². The molecule has 0 saturated heterocycles. The van der Waals surface area contributed by atoms with Gasteiger partial charge >= 0.3 is 0 Å². The molecule has 1 aliphatic carbocycles. The van der Waals surface area contributed by atoms with Gasteiger partial charge in [0.2, 0.25) is 0 Å². The van der Waals surface area contributed by atoms with E-state index in [4.69, 9.17) is 5.73 Å². The Hall–Kier alpha value is -0.0400. The molecule has 0 amide bonds. The minimum atomic E-state index is 0.458. The number of rotatable bonds is 1. The van der Waals surface area contributed by atoms with Crippen LogP contribution in [0.2, 0.25) is 0 Å². The van der Waals surface area contributed by atoms with Crippen LogP contribution in [0, 0.1) is 11.3 Å². The molecule has 2 N–H and O–H groups in total. The van der Waals surface area contributed by atoms with E-state index in [0.29, 0.717) is 11.5 Å². The van der Waals surface area contributed by atoms with Crippen LogP contribution in [-0.4, -0.2) is 6.04 Å². The fourth-order valence-corrected chi connectivity index (χ4v) is 1.73. The first-order valence-corrected chi connectivity index (χ1v) is 3.87. The molecule has 0 radical (unpaired) electrons. The Labute approximate surface area is 57.6 Å². The van der Waals surface area contributed by atoms with Gasteiger partial charge in [-0.25, -0.2) is 0 Å². The quantitative estimate of drug-likeness (QED) is 0.570. The molecule has 0 aliphatic heterocycles. The molecule has 0 aromatic heterocycles. The lowest BCUT2D eigenvalue weighted by molar-refractivity contribution is 0.0277. The predicted octanol–water partition coefficient (Wildman–Crippen LogP) is 1.77. The highest BCUT2D eigenvalue weighted by Gasteiger charge is 2.45. The van der Waals surface area contributed by atoms with Crippen LogP contribution in [-0.2, 0) is 0 Å². The van der Waals surface area contributed by atoms with Crippen LogP contribution in [0.3, 0.4) is 0 Å². The van der Waals surface area contributed by atoms with Gasteiger partial charge in [-0.2, -0.15) is 0 Å². The summed E-state index contributed by atoms with van der Waals surface area (Å²) in [6.45, 7) is 6.83. The summed E-state index contributed by atoms with van der Waals surface area (Å²) < 4.78 is 0. The molecule has 0 aromatic rings. The average molecular weight is 127 g/mol. The Morgan fingerprint density at radius 3 is 2.33 bits per heavy atom. The van der Waals surface area contributed by atoms with E-state index in [1.54, 1.807) is 0 Å². The van der Waals surface area contributed by atoms with Gasteiger partial charge in [0.25, 0.3) is 0 Å². The molecule has 0 aromatic carbocycles. The summed E-state index contributed by atoms with van der Waals surface area (Å²) in [5.74, 6) is 0.845. The second-order valence-corrected chi connectivity index (χ2v) is 3.60. The summed E-state index contributed by atoms with van der Waals surface area (Å²) in [5, 5.41) is 0. The molecule has 1 nitrogen and oxygen atoms in total. The van der Waals surface area contributed by atoms with Crippen LogP contribution in [0.4, 0.5) is 0 Å². The molecule has 0 spiro atoms. The highest BCUT2D eigenvalue weighted by molar-refractivity contribution is 4.99. The van der Waals surface area contributed by atoms with Crippen molar-refractivity contribution in [2.45, 2.75) is 39.7 Å². The monoisotopic (exact) mass is 127 g/mol. The first-order chi connectivity index (χ1) is 4.11. The summed E-state index contributed by atoms with van der Waals surface area (Å²) in [5.41, 5.74) is 6.32. The largest absolute Gasteiger partial charge is 0.327 e. The summed E-state index contributed by atoms with van der Waals surface area (Å²) >= 11 is 0. The molecule has 1 saturated carbocycles. The van der Waals surface area contributed by atoms with Gasteiger partial charge in [-0.15, -0.1) is 0 Å². The van der Waals surface area contributed by atoms with Crippen molar-refractivity contribution in [3.8, 4) is 0 Å². The molecule has 0 bridgehead atoms. The lowest BCUT2D eigenvalue weighted by Gasteiger charge is -2.51. The third kappa shape index (κ3) is 0.787. The van der Waals surface area contributed by atoms with Crippen LogP contribution in [0.15, 0.2) is 0 Å². The molecule has 3 atom stereocenters. The molecule has 1 rings (SSSR count). The molecule has 1 heteroatoms. The summed E-state index contributed by atoms with van der Waals surface area (Å²) in [7, 11) is 0. The van der Waals surface area contributed by atoms with E-state index in [-0.39, 0.29) is 0 Å². The summed E-state index contributed by atoms with van der Waals surface area (Å²) in [4.78, 5) is 0. The van der Waals surface area contributed by atoms with Gasteiger partial charge in [0.15, 0.2) is 0 Å². The number of hydrogen-bond acceptors (Lipinski definition) is 1. The smallest absolute Gasteiger partial charge is 0.00981 e. The minimum Gasteiger partial charge on any atom is -0.327 e. The van der Waals surface area contributed by atoms with Crippen molar-refractivity contribution < 1.29 is 0 Å². The molecular formula is C8H17N. The summed E-state index contributed by atoms with van der Waals surface area (Å²) in [6.07, 6.45) is 2.46. The standard InChI is InChI=1S/C8H17N/c1-4-8(3)6(2)5-7(8)9/h6-7H,4-5,9H2,1-3H3. The maximum absolute atomic E-state index is 5.86. The van der Waals surface area contributed by atoms with E-state index in [2.05, 4.69) is 20.8 Å². The molecule has 3 unspecified atom stereocenters. The SMILES string of the molecule is CCC1(C)C(C)CC1N. The van der Waals surface area contributed by atoms with E-state index < -0.39 is 0 Å². The minimum absolute atomic E-state index is 0.458. The van der Waals surface area contributed by atoms with Crippen LogP contribution in [0.25, 0.3) is 0 Å². The van der Waals surface area contributed by atoms with E-state index in [0.717, 1.165) is 5.92 Å². The van der Waals surface area contributed by atoms with Crippen molar-refractivity contribution >= 4 is 0 Å². The maximum Gasteiger partial charge on any atom is 0.00981 e. The average Bonchev–Trinajstić information content (AvgIpc) is 1.87. The Morgan fingerprint density at radius 1 is 1.67 bits per heavy atom. The first-order valence-electron chi connectivity index (χ1n) is 3.87. The van der Waals surface area contributed by atoms with Crippen LogP contribution in [0.1, 0.15) is 33.6 Å². The fraction of sp³-hybridized carbons (Fsp3) is 1.00. The second-order valence-electron chi connectivity index (χ2n) is 3.60.